The van der Waals surface area contributed by atoms with E-state index in [2.05, 4.69) is 5.32 Å². The van der Waals surface area contributed by atoms with Gasteiger partial charge in [0.1, 0.15) is 5.75 Å². The van der Waals surface area contributed by atoms with Crippen LogP contribution in [0.1, 0.15) is 20.8 Å². The fraction of sp³-hybridized carbons (Fsp3) is 0.562. The Hall–Kier alpha value is -1.75. The molecule has 5 nitrogen and oxygen atoms in total. The summed E-state index contributed by atoms with van der Waals surface area (Å²) in [4.78, 5) is 12.4. The van der Waals surface area contributed by atoms with Crippen molar-refractivity contribution in [3.63, 3.8) is 0 Å². The number of rotatable bonds is 8. The fourth-order valence-corrected chi connectivity index (χ4v) is 2.11. The Morgan fingerprint density at radius 1 is 1.24 bits per heavy atom. The van der Waals surface area contributed by atoms with Gasteiger partial charge in [-0.15, -0.1) is 0 Å². The second-order valence-electron chi connectivity index (χ2n) is 5.13. The summed E-state index contributed by atoms with van der Waals surface area (Å²) in [5, 5.41) is 3.27. The number of nitrogens with one attached hydrogen (secondary N) is 1. The van der Waals surface area contributed by atoms with Crippen molar-refractivity contribution in [3.8, 4) is 5.75 Å². The molecule has 1 unspecified atom stereocenters. The lowest BCUT2D eigenvalue weighted by molar-refractivity contribution is -0.152. The Bertz CT molecular complexity index is 444. The van der Waals surface area contributed by atoms with E-state index in [0.29, 0.717) is 6.61 Å². The number of hydrogen-bond donors (Lipinski definition) is 1. The zero-order valence-corrected chi connectivity index (χ0v) is 13.4. The monoisotopic (exact) mass is 295 g/mol. The van der Waals surface area contributed by atoms with Gasteiger partial charge >= 0.3 is 5.97 Å². The van der Waals surface area contributed by atoms with Crippen LogP contribution in [0.4, 0.5) is 5.69 Å². The number of esters is 1. The molecule has 1 aromatic rings. The maximum absolute atomic E-state index is 12.4. The summed E-state index contributed by atoms with van der Waals surface area (Å²) in [7, 11) is 3.19. The minimum Gasteiger partial charge on any atom is -0.497 e. The van der Waals surface area contributed by atoms with Gasteiger partial charge in [0, 0.05) is 12.8 Å². The number of carbonyl (C=O) groups is 1. The third-order valence-corrected chi connectivity index (χ3v) is 3.45. The van der Waals surface area contributed by atoms with Gasteiger partial charge in [0.15, 0.2) is 5.54 Å². The zero-order chi connectivity index (χ0) is 15.9. The molecule has 21 heavy (non-hydrogen) atoms. The normalized spacial score (nSPS) is 13.6. The average Bonchev–Trinajstić information content (AvgIpc) is 2.47. The van der Waals surface area contributed by atoms with Crippen molar-refractivity contribution in [2.24, 2.45) is 5.92 Å². The molecular formula is C16H25NO4. The Kier molecular flexibility index (Phi) is 6.49. The summed E-state index contributed by atoms with van der Waals surface area (Å²) < 4.78 is 15.6. The largest absolute Gasteiger partial charge is 0.497 e. The zero-order valence-electron chi connectivity index (χ0n) is 13.4. The van der Waals surface area contributed by atoms with Gasteiger partial charge in [0.25, 0.3) is 0 Å². The van der Waals surface area contributed by atoms with E-state index in [4.69, 9.17) is 14.2 Å². The van der Waals surface area contributed by atoms with Crippen molar-refractivity contribution in [1.82, 2.24) is 0 Å². The van der Waals surface area contributed by atoms with E-state index in [1.165, 1.54) is 0 Å². The first-order valence-corrected chi connectivity index (χ1v) is 7.08. The van der Waals surface area contributed by atoms with E-state index in [1.807, 2.05) is 38.1 Å². The molecule has 1 aromatic carbocycles. The molecular weight excluding hydrogens is 270 g/mol. The van der Waals surface area contributed by atoms with Crippen LogP contribution in [0, 0.1) is 5.92 Å². The molecule has 118 valence electrons. The lowest BCUT2D eigenvalue weighted by Crippen LogP contribution is -2.55. The first-order chi connectivity index (χ1) is 10.00. The number of anilines is 1. The van der Waals surface area contributed by atoms with Gasteiger partial charge in [0.2, 0.25) is 0 Å². The predicted molar refractivity (Wildman–Crippen MR) is 82.7 cm³/mol. The second kappa shape index (κ2) is 7.88. The van der Waals surface area contributed by atoms with Crippen LogP contribution in [0.15, 0.2) is 24.3 Å². The van der Waals surface area contributed by atoms with Crippen molar-refractivity contribution in [1.29, 1.82) is 0 Å². The van der Waals surface area contributed by atoms with Crippen molar-refractivity contribution in [2.45, 2.75) is 26.3 Å². The molecule has 0 bridgehead atoms. The van der Waals surface area contributed by atoms with Crippen LogP contribution in [0.5, 0.6) is 5.75 Å². The summed E-state index contributed by atoms with van der Waals surface area (Å²) in [5.74, 6) is 0.454. The first kappa shape index (κ1) is 17.3. The lowest BCUT2D eigenvalue weighted by Gasteiger charge is -2.36. The standard InChI is InChI=1S/C16H25NO4/c1-6-21-15(18)16(11-19-4,12(2)3)17-13-7-9-14(20-5)10-8-13/h7-10,12,17H,6,11H2,1-5H3. The topological polar surface area (TPSA) is 56.8 Å². The molecule has 0 saturated heterocycles. The smallest absolute Gasteiger partial charge is 0.334 e. The van der Waals surface area contributed by atoms with Gasteiger partial charge in [-0.05, 0) is 37.1 Å². The van der Waals surface area contributed by atoms with Crippen molar-refractivity contribution in [2.75, 3.05) is 32.8 Å². The van der Waals surface area contributed by atoms with E-state index in [9.17, 15) is 4.79 Å². The van der Waals surface area contributed by atoms with E-state index < -0.39 is 5.54 Å². The highest BCUT2D eigenvalue weighted by molar-refractivity contribution is 5.85. The van der Waals surface area contributed by atoms with Gasteiger partial charge in [-0.25, -0.2) is 4.79 Å². The highest BCUT2D eigenvalue weighted by Gasteiger charge is 2.43. The maximum atomic E-state index is 12.4. The SMILES string of the molecule is CCOC(=O)C(COC)(Nc1ccc(OC)cc1)C(C)C. The molecule has 0 spiro atoms. The van der Waals surface area contributed by atoms with Crippen molar-refractivity contribution in [3.05, 3.63) is 24.3 Å². The molecule has 0 aliphatic carbocycles. The summed E-state index contributed by atoms with van der Waals surface area (Å²) >= 11 is 0. The molecule has 0 aromatic heterocycles. The molecule has 0 fully saturated rings. The molecule has 0 saturated carbocycles. The van der Waals surface area contributed by atoms with Crippen LogP contribution in [0.25, 0.3) is 0 Å². The molecule has 0 aliphatic heterocycles. The first-order valence-electron chi connectivity index (χ1n) is 7.08. The molecule has 0 aliphatic rings. The lowest BCUT2D eigenvalue weighted by atomic mass is 9.86. The van der Waals surface area contributed by atoms with E-state index >= 15 is 0 Å². The van der Waals surface area contributed by atoms with Gasteiger partial charge in [-0.2, -0.15) is 0 Å². The van der Waals surface area contributed by atoms with Crippen LogP contribution < -0.4 is 10.1 Å². The van der Waals surface area contributed by atoms with E-state index in [1.54, 1.807) is 21.1 Å². The number of carbonyl (C=O) groups excluding carboxylic acids is 1. The molecule has 5 heteroatoms. The summed E-state index contributed by atoms with van der Waals surface area (Å²) in [6, 6.07) is 7.41. The van der Waals surface area contributed by atoms with Crippen molar-refractivity contribution >= 4 is 11.7 Å². The predicted octanol–water partition coefficient (Wildman–Crippen LogP) is 2.71. The Labute approximate surface area is 126 Å². The maximum Gasteiger partial charge on any atom is 0.334 e. The van der Waals surface area contributed by atoms with Crippen LogP contribution in [0.3, 0.4) is 0 Å². The summed E-state index contributed by atoms with van der Waals surface area (Å²) in [5.41, 5.74) is -0.103. The molecule has 1 N–H and O–H groups in total. The van der Waals surface area contributed by atoms with E-state index in [-0.39, 0.29) is 18.5 Å². The number of ether oxygens (including phenoxy) is 3. The number of hydrogen-bond acceptors (Lipinski definition) is 5. The Balaban J connectivity index is 3.06. The number of benzene rings is 1. The molecule has 1 rings (SSSR count). The highest BCUT2D eigenvalue weighted by atomic mass is 16.5. The highest BCUT2D eigenvalue weighted by Crippen LogP contribution is 2.27. The number of methoxy groups -OCH3 is 2. The third kappa shape index (κ3) is 4.11. The van der Waals surface area contributed by atoms with Gasteiger partial charge < -0.3 is 19.5 Å². The Morgan fingerprint density at radius 2 is 1.86 bits per heavy atom. The Morgan fingerprint density at radius 3 is 2.29 bits per heavy atom. The minimum atomic E-state index is -0.917. The minimum absolute atomic E-state index is 0.00129. The average molecular weight is 295 g/mol. The van der Waals surface area contributed by atoms with Crippen LogP contribution in [0.2, 0.25) is 0 Å². The third-order valence-electron chi connectivity index (χ3n) is 3.45. The quantitative estimate of drug-likeness (QED) is 0.747. The molecule has 0 amide bonds. The van der Waals surface area contributed by atoms with Crippen LogP contribution in [-0.2, 0) is 14.3 Å². The molecule has 1 atom stereocenters. The fourth-order valence-electron chi connectivity index (χ4n) is 2.11. The van der Waals surface area contributed by atoms with Crippen LogP contribution >= 0.6 is 0 Å². The summed E-state index contributed by atoms with van der Waals surface area (Å²) in [6.45, 7) is 6.29. The van der Waals surface area contributed by atoms with Crippen LogP contribution in [-0.4, -0.2) is 38.9 Å². The van der Waals surface area contributed by atoms with E-state index in [0.717, 1.165) is 11.4 Å². The van der Waals surface area contributed by atoms with Crippen molar-refractivity contribution < 1.29 is 19.0 Å². The molecule has 0 radical (unpaired) electrons. The van der Waals surface area contributed by atoms with Gasteiger partial charge in [0.05, 0.1) is 20.3 Å². The molecule has 0 heterocycles. The second-order valence-corrected chi connectivity index (χ2v) is 5.13. The summed E-state index contributed by atoms with van der Waals surface area (Å²) in [6.07, 6.45) is 0. The van der Waals surface area contributed by atoms with Gasteiger partial charge in [-0.3, -0.25) is 0 Å². The van der Waals surface area contributed by atoms with Gasteiger partial charge in [-0.1, -0.05) is 13.8 Å².